The number of ether oxygens (including phenoxy) is 1. The van der Waals surface area contributed by atoms with Crippen molar-refractivity contribution >= 4 is 20.9 Å². The molecule has 0 aliphatic carbocycles. The Balaban J connectivity index is 1.65. The lowest BCUT2D eigenvalue weighted by molar-refractivity contribution is 0.306. The molecule has 0 amide bonds. The van der Waals surface area contributed by atoms with Crippen LogP contribution in [-0.2, 0) is 23.2 Å². The van der Waals surface area contributed by atoms with Crippen molar-refractivity contribution in [2.45, 2.75) is 13.2 Å². The lowest BCUT2D eigenvalue weighted by Crippen LogP contribution is -2.25. The molecule has 1 aromatic heterocycles. The molecule has 3 rings (SSSR count). The molecule has 1 heterocycles. The van der Waals surface area contributed by atoms with Gasteiger partial charge in [0, 0.05) is 35.6 Å². The molecule has 0 aliphatic rings. The van der Waals surface area contributed by atoms with Gasteiger partial charge < -0.3 is 9.30 Å². The van der Waals surface area contributed by atoms with E-state index in [1.54, 1.807) is 0 Å². The van der Waals surface area contributed by atoms with Gasteiger partial charge in [-0.1, -0.05) is 36.9 Å². The molecule has 0 aliphatic heterocycles. The van der Waals surface area contributed by atoms with E-state index in [2.05, 4.69) is 11.3 Å². The van der Waals surface area contributed by atoms with E-state index in [1.165, 1.54) is 0 Å². The minimum Gasteiger partial charge on any atom is -0.489 e. The molecule has 1 N–H and O–H groups in total. The zero-order valence-electron chi connectivity index (χ0n) is 13.8. The van der Waals surface area contributed by atoms with Crippen molar-refractivity contribution < 1.29 is 13.2 Å². The number of nitrogens with zero attached hydrogens (tertiary/aromatic N) is 1. The molecule has 0 saturated carbocycles. The van der Waals surface area contributed by atoms with Gasteiger partial charge in [-0.25, -0.2) is 13.1 Å². The van der Waals surface area contributed by atoms with E-state index in [9.17, 15) is 8.42 Å². The molecule has 0 saturated heterocycles. The second-order valence-electron chi connectivity index (χ2n) is 5.61. The highest BCUT2D eigenvalue weighted by molar-refractivity contribution is 7.92. The Kier molecular flexibility index (Phi) is 5.21. The molecule has 0 spiro atoms. The third-order valence-corrected chi connectivity index (χ3v) is 4.91. The quantitative estimate of drug-likeness (QED) is 0.674. The molecule has 3 aromatic rings. The molecule has 0 bridgehead atoms. The fraction of sp³-hybridized carbons (Fsp3) is 0.158. The number of nitrogens with one attached hydrogen (secondary N) is 1. The monoisotopic (exact) mass is 356 g/mol. The average molecular weight is 356 g/mol. The van der Waals surface area contributed by atoms with E-state index >= 15 is 0 Å². The first-order valence-electron chi connectivity index (χ1n) is 7.95. The Morgan fingerprint density at radius 3 is 2.68 bits per heavy atom. The summed E-state index contributed by atoms with van der Waals surface area (Å²) in [6, 6.07) is 17.9. The highest BCUT2D eigenvalue weighted by Crippen LogP contribution is 2.22. The number of rotatable bonds is 8. The molecular weight excluding hydrogens is 336 g/mol. The maximum Gasteiger partial charge on any atom is 0.233 e. The van der Waals surface area contributed by atoms with Crippen molar-refractivity contribution in [3.63, 3.8) is 0 Å². The van der Waals surface area contributed by atoms with E-state index in [4.69, 9.17) is 4.74 Å². The molecule has 25 heavy (non-hydrogen) atoms. The summed E-state index contributed by atoms with van der Waals surface area (Å²) in [6.07, 6.45) is 1.94. The molecule has 0 atom stereocenters. The van der Waals surface area contributed by atoms with E-state index in [-0.39, 0.29) is 0 Å². The van der Waals surface area contributed by atoms with Crippen molar-refractivity contribution in [1.82, 2.24) is 9.29 Å². The predicted octanol–water partition coefficient (Wildman–Crippen LogP) is 3.28. The van der Waals surface area contributed by atoms with E-state index in [0.29, 0.717) is 19.7 Å². The zero-order valence-corrected chi connectivity index (χ0v) is 14.6. The van der Waals surface area contributed by atoms with Crippen LogP contribution in [0, 0.1) is 0 Å². The van der Waals surface area contributed by atoms with E-state index < -0.39 is 10.0 Å². The van der Waals surface area contributed by atoms with Gasteiger partial charge in [0.2, 0.25) is 10.0 Å². The predicted molar refractivity (Wildman–Crippen MR) is 99.8 cm³/mol. The SMILES string of the molecule is C=CS(=O)(=O)NCCn1ccc2cc(OCc3ccccc3)ccc21. The molecule has 0 unspecified atom stereocenters. The van der Waals surface area contributed by atoms with Gasteiger partial charge in [0.1, 0.15) is 12.4 Å². The number of sulfonamides is 1. The van der Waals surface area contributed by atoms with Gasteiger partial charge in [0.15, 0.2) is 0 Å². The van der Waals surface area contributed by atoms with Crippen LogP contribution in [0.25, 0.3) is 10.9 Å². The third kappa shape index (κ3) is 4.49. The maximum atomic E-state index is 11.4. The number of hydrogen-bond acceptors (Lipinski definition) is 3. The van der Waals surface area contributed by atoms with E-state index in [1.807, 2.05) is 65.4 Å². The number of aromatic nitrogens is 1. The first-order chi connectivity index (χ1) is 12.1. The Labute approximate surface area is 147 Å². The molecular formula is C19H20N2O3S. The van der Waals surface area contributed by atoms with Crippen LogP contribution < -0.4 is 9.46 Å². The van der Waals surface area contributed by atoms with Crippen molar-refractivity contribution in [2.24, 2.45) is 0 Å². The topological polar surface area (TPSA) is 60.3 Å². The van der Waals surface area contributed by atoms with Gasteiger partial charge in [0.05, 0.1) is 0 Å². The molecule has 130 valence electrons. The molecule has 0 radical (unpaired) electrons. The summed E-state index contributed by atoms with van der Waals surface area (Å²) in [5.74, 6) is 0.807. The first kappa shape index (κ1) is 17.3. The van der Waals surface area contributed by atoms with Crippen LogP contribution in [0.2, 0.25) is 0 Å². The summed E-state index contributed by atoms with van der Waals surface area (Å²) < 4.78 is 33.0. The van der Waals surface area contributed by atoms with Crippen molar-refractivity contribution in [3.05, 3.63) is 78.3 Å². The fourth-order valence-corrected chi connectivity index (χ4v) is 3.06. The molecule has 0 fully saturated rings. The van der Waals surface area contributed by atoms with E-state index in [0.717, 1.165) is 27.6 Å². The van der Waals surface area contributed by atoms with Crippen LogP contribution >= 0.6 is 0 Å². The number of hydrogen-bond donors (Lipinski definition) is 1. The minimum atomic E-state index is -3.39. The van der Waals surface area contributed by atoms with Gasteiger partial charge in [-0.3, -0.25) is 0 Å². The summed E-state index contributed by atoms with van der Waals surface area (Å²) in [7, 11) is -3.39. The summed E-state index contributed by atoms with van der Waals surface area (Å²) in [5.41, 5.74) is 2.15. The first-order valence-corrected chi connectivity index (χ1v) is 9.50. The Hall–Kier alpha value is -2.57. The highest BCUT2D eigenvalue weighted by Gasteiger charge is 2.06. The van der Waals surface area contributed by atoms with Crippen LogP contribution in [-0.4, -0.2) is 19.5 Å². The van der Waals surface area contributed by atoms with Gasteiger partial charge in [-0.05, 0) is 29.8 Å². The smallest absolute Gasteiger partial charge is 0.233 e. The van der Waals surface area contributed by atoms with Crippen LogP contribution in [0.1, 0.15) is 5.56 Å². The Bertz CT molecular complexity index is 963. The fourth-order valence-electron chi connectivity index (χ4n) is 2.57. The number of fused-ring (bicyclic) bond motifs is 1. The van der Waals surface area contributed by atoms with Crippen LogP contribution in [0.4, 0.5) is 0 Å². The minimum absolute atomic E-state index is 0.310. The van der Waals surface area contributed by atoms with Gasteiger partial charge >= 0.3 is 0 Å². The third-order valence-electron chi connectivity index (χ3n) is 3.87. The van der Waals surface area contributed by atoms with Crippen molar-refractivity contribution in [2.75, 3.05) is 6.54 Å². The standard InChI is InChI=1S/C19H20N2O3S/c1-2-25(22,23)20-11-13-21-12-10-17-14-18(8-9-19(17)21)24-15-16-6-4-3-5-7-16/h2-10,12,14,20H,1,11,13,15H2. The summed E-state index contributed by atoms with van der Waals surface area (Å²) >= 11 is 0. The normalized spacial score (nSPS) is 11.5. The average Bonchev–Trinajstić information content (AvgIpc) is 3.03. The maximum absolute atomic E-state index is 11.4. The Morgan fingerprint density at radius 2 is 1.92 bits per heavy atom. The van der Waals surface area contributed by atoms with Gasteiger partial charge in [-0.2, -0.15) is 0 Å². The molecule has 6 heteroatoms. The van der Waals surface area contributed by atoms with Gasteiger partial charge in [0.25, 0.3) is 0 Å². The van der Waals surface area contributed by atoms with Crippen molar-refractivity contribution in [3.8, 4) is 5.75 Å². The second kappa shape index (κ2) is 7.55. The zero-order chi connectivity index (χ0) is 17.7. The molecule has 5 nitrogen and oxygen atoms in total. The largest absolute Gasteiger partial charge is 0.489 e. The lowest BCUT2D eigenvalue weighted by Gasteiger charge is -2.08. The van der Waals surface area contributed by atoms with Gasteiger partial charge in [-0.15, -0.1) is 0 Å². The lowest BCUT2D eigenvalue weighted by atomic mass is 10.2. The summed E-state index contributed by atoms with van der Waals surface area (Å²) in [6.45, 7) is 4.65. The van der Waals surface area contributed by atoms with Crippen molar-refractivity contribution in [1.29, 1.82) is 0 Å². The highest BCUT2D eigenvalue weighted by atomic mass is 32.2. The second-order valence-corrected chi connectivity index (χ2v) is 7.32. The van der Waals surface area contributed by atoms with Crippen LogP contribution in [0.5, 0.6) is 5.75 Å². The summed E-state index contributed by atoms with van der Waals surface area (Å²) in [5, 5.41) is 1.97. The van der Waals surface area contributed by atoms with Crippen LogP contribution in [0.15, 0.2) is 72.8 Å². The Morgan fingerprint density at radius 1 is 1.12 bits per heavy atom. The number of benzene rings is 2. The summed E-state index contributed by atoms with van der Waals surface area (Å²) in [4.78, 5) is 0. The molecule has 2 aromatic carbocycles. The van der Waals surface area contributed by atoms with Crippen LogP contribution in [0.3, 0.4) is 0 Å².